The molecule has 4 aromatic rings. The minimum Gasteiger partial charge on any atom is -0.460 e. The predicted octanol–water partition coefficient (Wildman–Crippen LogP) is 6.07. The topological polar surface area (TPSA) is 103 Å². The molecule has 1 fully saturated rings. The van der Waals surface area contributed by atoms with Crippen LogP contribution in [-0.2, 0) is 27.8 Å². The Balaban J connectivity index is 1.50. The number of benzene rings is 3. The van der Waals surface area contributed by atoms with Gasteiger partial charge in [0.25, 0.3) is 5.91 Å². The van der Waals surface area contributed by atoms with E-state index in [1.54, 1.807) is 25.1 Å². The quantitative estimate of drug-likeness (QED) is 0.195. The Morgan fingerprint density at radius 3 is 2.44 bits per heavy atom. The van der Waals surface area contributed by atoms with E-state index in [1.807, 2.05) is 36.4 Å². The third-order valence-electron chi connectivity index (χ3n) is 7.21. The lowest BCUT2D eigenvalue weighted by atomic mass is 10.0. The smallest absolute Gasteiger partial charge is 0.252 e. The molecule has 5 rings (SSSR count). The number of carbonyl (C=O) groups excluding carboxylic acids is 1. The fourth-order valence-electron chi connectivity index (χ4n) is 4.94. The lowest BCUT2D eigenvalue weighted by Gasteiger charge is -2.27. The lowest BCUT2D eigenvalue weighted by molar-refractivity contribution is 0.1000. The van der Waals surface area contributed by atoms with Gasteiger partial charge in [0.15, 0.2) is 0 Å². The van der Waals surface area contributed by atoms with Crippen LogP contribution >= 0.6 is 0 Å². The SMILES string of the molecule is C=C(COCc1ccccc1)CN(c1cc2oc(Cc3ccc(F)cc3)c(C(N)=O)c2cc1C1CC1)S(=O)(=O)CC. The number of rotatable bonds is 13. The normalized spacial score (nSPS) is 13.4. The number of fused-ring (bicyclic) bond motifs is 1. The van der Waals surface area contributed by atoms with Gasteiger partial charge in [-0.05, 0) is 66.1 Å². The number of amides is 1. The van der Waals surface area contributed by atoms with Crippen LogP contribution in [0.25, 0.3) is 11.0 Å². The second-order valence-corrected chi connectivity index (χ2v) is 12.6. The van der Waals surface area contributed by atoms with Crippen molar-refractivity contribution < 1.29 is 26.8 Å². The third-order valence-corrected chi connectivity index (χ3v) is 8.93. The van der Waals surface area contributed by atoms with Gasteiger partial charge < -0.3 is 14.9 Å². The van der Waals surface area contributed by atoms with Crippen LogP contribution in [0.4, 0.5) is 10.1 Å². The van der Waals surface area contributed by atoms with Gasteiger partial charge in [0.05, 0.1) is 36.8 Å². The number of hydrogen-bond acceptors (Lipinski definition) is 5. The largest absolute Gasteiger partial charge is 0.460 e. The zero-order valence-corrected chi connectivity index (χ0v) is 23.8. The maximum atomic E-state index is 13.4. The molecule has 0 atom stereocenters. The Bertz CT molecular complexity index is 1680. The van der Waals surface area contributed by atoms with Crippen molar-refractivity contribution in [3.8, 4) is 0 Å². The van der Waals surface area contributed by atoms with Crippen LogP contribution in [0, 0.1) is 5.82 Å². The molecule has 7 nitrogen and oxygen atoms in total. The van der Waals surface area contributed by atoms with E-state index in [4.69, 9.17) is 14.9 Å². The van der Waals surface area contributed by atoms with E-state index in [2.05, 4.69) is 6.58 Å². The maximum Gasteiger partial charge on any atom is 0.252 e. The van der Waals surface area contributed by atoms with Gasteiger partial charge >= 0.3 is 0 Å². The molecule has 1 saturated carbocycles. The highest BCUT2D eigenvalue weighted by atomic mass is 32.2. The summed E-state index contributed by atoms with van der Waals surface area (Å²) in [6.45, 7) is 6.33. The van der Waals surface area contributed by atoms with E-state index in [1.165, 1.54) is 16.4 Å². The number of anilines is 1. The molecule has 0 aliphatic heterocycles. The number of nitrogens with zero attached hydrogens (tertiary/aromatic N) is 1. The zero-order valence-electron chi connectivity index (χ0n) is 22.9. The van der Waals surface area contributed by atoms with Gasteiger partial charge in [0, 0.05) is 17.9 Å². The van der Waals surface area contributed by atoms with Crippen molar-refractivity contribution in [2.24, 2.45) is 5.73 Å². The van der Waals surface area contributed by atoms with E-state index in [-0.39, 0.29) is 42.6 Å². The summed E-state index contributed by atoms with van der Waals surface area (Å²) in [5, 5.41) is 0.541. The third kappa shape index (κ3) is 6.52. The molecule has 9 heteroatoms. The first-order valence-corrected chi connectivity index (χ1v) is 15.2. The number of sulfonamides is 1. The minimum absolute atomic E-state index is 0.0437. The number of ether oxygens (including phenoxy) is 1. The van der Waals surface area contributed by atoms with Crippen LogP contribution in [0.2, 0.25) is 0 Å². The molecule has 1 aliphatic rings. The first kappa shape index (κ1) is 28.6. The zero-order chi connectivity index (χ0) is 29.1. The Kier molecular flexibility index (Phi) is 8.28. The minimum atomic E-state index is -3.71. The number of carbonyl (C=O) groups is 1. The highest BCUT2D eigenvalue weighted by Crippen LogP contribution is 2.47. The van der Waals surface area contributed by atoms with Crippen molar-refractivity contribution in [3.63, 3.8) is 0 Å². The molecule has 0 radical (unpaired) electrons. The Hall–Kier alpha value is -3.95. The first-order valence-electron chi connectivity index (χ1n) is 13.6. The Labute approximate surface area is 239 Å². The summed E-state index contributed by atoms with van der Waals surface area (Å²) >= 11 is 0. The molecular weight excluding hydrogens is 543 g/mol. The molecular formula is C32H33FN2O5S. The molecule has 0 unspecified atom stereocenters. The van der Waals surface area contributed by atoms with Gasteiger partial charge in [-0.2, -0.15) is 0 Å². The molecule has 1 heterocycles. The molecule has 2 N–H and O–H groups in total. The fraction of sp³-hybridized carbons (Fsp3) is 0.281. The molecule has 3 aromatic carbocycles. The van der Waals surface area contributed by atoms with Gasteiger partial charge in [-0.25, -0.2) is 12.8 Å². The predicted molar refractivity (Wildman–Crippen MR) is 158 cm³/mol. The van der Waals surface area contributed by atoms with Crippen LogP contribution in [0.5, 0.6) is 0 Å². The standard InChI is InChI=1S/C32H33FN2O5S/c1-3-41(37,38)35(18-21(2)19-39-20-23-7-5-4-6-8-23)28-17-29-27(16-26(28)24-11-12-24)31(32(34)36)30(40-29)15-22-9-13-25(33)14-10-22/h4-10,13-14,16-17,24H,2-3,11-12,15,18-20H2,1H3,(H2,34,36). The van der Waals surface area contributed by atoms with Crippen LogP contribution in [0.1, 0.15) is 58.5 Å². The fourth-order valence-corrected chi connectivity index (χ4v) is 6.09. The second kappa shape index (κ2) is 11.9. The summed E-state index contributed by atoms with van der Waals surface area (Å²) in [5.74, 6) is -0.605. The molecule has 0 saturated heterocycles. The summed E-state index contributed by atoms with van der Waals surface area (Å²) in [7, 11) is -3.71. The first-order chi connectivity index (χ1) is 19.7. The van der Waals surface area contributed by atoms with E-state index < -0.39 is 15.9 Å². The Morgan fingerprint density at radius 1 is 1.10 bits per heavy atom. The van der Waals surface area contributed by atoms with E-state index >= 15 is 0 Å². The molecule has 1 aromatic heterocycles. The lowest BCUT2D eigenvalue weighted by Crippen LogP contribution is -2.35. The van der Waals surface area contributed by atoms with Gasteiger partial charge in [0.2, 0.25) is 10.0 Å². The van der Waals surface area contributed by atoms with Crippen LogP contribution in [0.3, 0.4) is 0 Å². The van der Waals surface area contributed by atoms with Crippen molar-refractivity contribution in [1.82, 2.24) is 0 Å². The van der Waals surface area contributed by atoms with Gasteiger partial charge in [-0.1, -0.05) is 49.0 Å². The average molecular weight is 577 g/mol. The highest BCUT2D eigenvalue weighted by Gasteiger charge is 2.33. The number of furan rings is 1. The Morgan fingerprint density at radius 2 is 1.80 bits per heavy atom. The number of nitrogens with two attached hydrogens (primary N) is 1. The highest BCUT2D eigenvalue weighted by molar-refractivity contribution is 7.92. The van der Waals surface area contributed by atoms with E-state index in [0.29, 0.717) is 34.6 Å². The number of primary amides is 1. The van der Waals surface area contributed by atoms with E-state index in [9.17, 15) is 17.6 Å². The van der Waals surface area contributed by atoms with Crippen LogP contribution < -0.4 is 10.0 Å². The molecule has 214 valence electrons. The summed E-state index contributed by atoms with van der Waals surface area (Å²) < 4.78 is 53.6. The van der Waals surface area contributed by atoms with Gasteiger partial charge in [-0.15, -0.1) is 0 Å². The number of hydrogen-bond donors (Lipinski definition) is 1. The van der Waals surface area contributed by atoms with Crippen molar-refractivity contribution in [3.05, 3.63) is 113 Å². The monoisotopic (exact) mass is 576 g/mol. The summed E-state index contributed by atoms with van der Waals surface area (Å²) in [4.78, 5) is 12.6. The van der Waals surface area contributed by atoms with Crippen molar-refractivity contribution >= 4 is 32.6 Å². The summed E-state index contributed by atoms with van der Waals surface area (Å²) in [5.41, 5.74) is 10.1. The van der Waals surface area contributed by atoms with Crippen LogP contribution in [-0.4, -0.2) is 33.2 Å². The second-order valence-electron chi connectivity index (χ2n) is 10.4. The molecule has 1 amide bonds. The van der Waals surface area contributed by atoms with Crippen molar-refractivity contribution in [2.75, 3.05) is 23.2 Å². The molecule has 0 bridgehead atoms. The molecule has 1 aliphatic carbocycles. The summed E-state index contributed by atoms with van der Waals surface area (Å²) in [6, 6.07) is 19.2. The average Bonchev–Trinajstić information content (AvgIpc) is 3.74. The number of halogens is 1. The van der Waals surface area contributed by atoms with E-state index in [0.717, 1.165) is 29.5 Å². The molecule has 0 spiro atoms. The van der Waals surface area contributed by atoms with Crippen molar-refractivity contribution in [2.45, 2.75) is 38.7 Å². The maximum absolute atomic E-state index is 13.4. The molecule has 41 heavy (non-hydrogen) atoms. The van der Waals surface area contributed by atoms with Crippen molar-refractivity contribution in [1.29, 1.82) is 0 Å². The van der Waals surface area contributed by atoms with Gasteiger partial charge in [-0.3, -0.25) is 9.10 Å². The van der Waals surface area contributed by atoms with Crippen LogP contribution in [0.15, 0.2) is 83.3 Å². The summed E-state index contributed by atoms with van der Waals surface area (Å²) in [6.07, 6.45) is 2.05. The van der Waals surface area contributed by atoms with Gasteiger partial charge in [0.1, 0.15) is 17.2 Å².